The van der Waals surface area contributed by atoms with E-state index in [4.69, 9.17) is 16.3 Å². The third-order valence-electron chi connectivity index (χ3n) is 4.18. The van der Waals surface area contributed by atoms with E-state index in [2.05, 4.69) is 5.32 Å². The summed E-state index contributed by atoms with van der Waals surface area (Å²) in [6, 6.07) is 5.93. The van der Waals surface area contributed by atoms with Gasteiger partial charge in [0.1, 0.15) is 11.4 Å². The molecule has 1 aromatic rings. The smallest absolute Gasteiger partial charge is 0.124 e. The van der Waals surface area contributed by atoms with Gasteiger partial charge in [-0.25, -0.2) is 0 Å². The summed E-state index contributed by atoms with van der Waals surface area (Å²) in [6.45, 7) is 4.35. The highest BCUT2D eigenvalue weighted by Gasteiger charge is 2.47. The Morgan fingerprint density at radius 3 is 2.94 bits per heavy atom. The molecule has 1 aliphatic heterocycles. The van der Waals surface area contributed by atoms with Gasteiger partial charge in [-0.3, -0.25) is 0 Å². The third kappa shape index (κ3) is 2.50. The first-order valence-corrected chi connectivity index (χ1v) is 7.21. The summed E-state index contributed by atoms with van der Waals surface area (Å²) in [6.07, 6.45) is 4.86. The number of ether oxygens (including phenoxy) is 1. The highest BCUT2D eigenvalue weighted by molar-refractivity contribution is 6.31. The number of halogens is 1. The van der Waals surface area contributed by atoms with Gasteiger partial charge in [-0.1, -0.05) is 17.7 Å². The molecule has 0 aromatic heterocycles. The van der Waals surface area contributed by atoms with Gasteiger partial charge in [0.05, 0.1) is 0 Å². The molecule has 1 unspecified atom stereocenters. The maximum atomic E-state index is 6.27. The molecule has 3 rings (SSSR count). The SMILES string of the molecule is Cc1c(Cl)cccc1OC1(CC2CCNC2)CC1. The highest BCUT2D eigenvalue weighted by Crippen LogP contribution is 2.47. The number of hydrogen-bond acceptors (Lipinski definition) is 2. The highest BCUT2D eigenvalue weighted by atomic mass is 35.5. The van der Waals surface area contributed by atoms with Gasteiger partial charge in [0.15, 0.2) is 0 Å². The number of benzene rings is 1. The van der Waals surface area contributed by atoms with Crippen molar-refractivity contribution in [2.75, 3.05) is 13.1 Å². The molecule has 1 N–H and O–H groups in total. The van der Waals surface area contributed by atoms with Gasteiger partial charge in [-0.05, 0) is 63.7 Å². The van der Waals surface area contributed by atoms with Crippen molar-refractivity contribution in [3.63, 3.8) is 0 Å². The maximum absolute atomic E-state index is 6.27. The molecule has 0 radical (unpaired) electrons. The van der Waals surface area contributed by atoms with E-state index in [1.807, 2.05) is 25.1 Å². The lowest BCUT2D eigenvalue weighted by molar-refractivity contribution is 0.147. The van der Waals surface area contributed by atoms with Crippen LogP contribution in [0.25, 0.3) is 0 Å². The molecule has 1 atom stereocenters. The van der Waals surface area contributed by atoms with E-state index in [9.17, 15) is 0 Å². The Labute approximate surface area is 114 Å². The van der Waals surface area contributed by atoms with E-state index >= 15 is 0 Å². The fourth-order valence-corrected chi connectivity index (χ4v) is 3.00. The minimum absolute atomic E-state index is 0.103. The molecule has 1 saturated carbocycles. The van der Waals surface area contributed by atoms with Crippen LogP contribution in [0.1, 0.15) is 31.2 Å². The Hall–Kier alpha value is -0.730. The number of hydrogen-bond donors (Lipinski definition) is 1. The van der Waals surface area contributed by atoms with Crippen molar-refractivity contribution in [2.24, 2.45) is 5.92 Å². The normalized spacial score (nSPS) is 25.1. The first-order valence-electron chi connectivity index (χ1n) is 6.83. The van der Waals surface area contributed by atoms with Gasteiger partial charge < -0.3 is 10.1 Å². The summed E-state index contributed by atoms with van der Waals surface area (Å²) in [5.41, 5.74) is 1.17. The van der Waals surface area contributed by atoms with Crippen LogP contribution in [0.5, 0.6) is 5.75 Å². The second-order valence-electron chi connectivity index (χ2n) is 5.71. The molecule has 98 valence electrons. The van der Waals surface area contributed by atoms with Crippen molar-refractivity contribution in [1.29, 1.82) is 0 Å². The molecule has 1 heterocycles. The van der Waals surface area contributed by atoms with Crippen LogP contribution in [0.15, 0.2) is 18.2 Å². The summed E-state index contributed by atoms with van der Waals surface area (Å²) in [5, 5.41) is 4.23. The fraction of sp³-hybridized carbons (Fsp3) is 0.600. The molecule has 1 aliphatic carbocycles. The molecular formula is C15H20ClNO. The largest absolute Gasteiger partial charge is 0.487 e. The first-order chi connectivity index (χ1) is 8.69. The van der Waals surface area contributed by atoms with Gasteiger partial charge in [0.2, 0.25) is 0 Å². The second-order valence-corrected chi connectivity index (χ2v) is 6.12. The third-order valence-corrected chi connectivity index (χ3v) is 4.58. The topological polar surface area (TPSA) is 21.3 Å². The number of rotatable bonds is 4. The summed E-state index contributed by atoms with van der Waals surface area (Å²) >= 11 is 6.14. The van der Waals surface area contributed by atoms with Crippen LogP contribution in [0, 0.1) is 12.8 Å². The van der Waals surface area contributed by atoms with Gasteiger partial charge in [0.25, 0.3) is 0 Å². The van der Waals surface area contributed by atoms with Gasteiger partial charge in [-0.2, -0.15) is 0 Å². The van der Waals surface area contributed by atoms with E-state index in [-0.39, 0.29) is 5.60 Å². The van der Waals surface area contributed by atoms with E-state index in [1.165, 1.54) is 25.7 Å². The quantitative estimate of drug-likeness (QED) is 0.899. The zero-order chi connectivity index (χ0) is 12.6. The molecule has 1 saturated heterocycles. The fourth-order valence-electron chi connectivity index (χ4n) is 2.83. The van der Waals surface area contributed by atoms with Gasteiger partial charge >= 0.3 is 0 Å². The van der Waals surface area contributed by atoms with Crippen LogP contribution < -0.4 is 10.1 Å². The molecule has 0 bridgehead atoms. The average molecular weight is 266 g/mol. The van der Waals surface area contributed by atoms with Crippen molar-refractivity contribution in [2.45, 2.75) is 38.2 Å². The summed E-state index contributed by atoms with van der Waals surface area (Å²) < 4.78 is 6.27. The Morgan fingerprint density at radius 2 is 2.28 bits per heavy atom. The molecule has 2 aliphatic rings. The summed E-state index contributed by atoms with van der Waals surface area (Å²) in [7, 11) is 0. The second kappa shape index (κ2) is 4.75. The minimum Gasteiger partial charge on any atom is -0.487 e. The number of nitrogens with one attached hydrogen (secondary N) is 1. The predicted molar refractivity (Wildman–Crippen MR) is 74.4 cm³/mol. The minimum atomic E-state index is 0.103. The lowest BCUT2D eigenvalue weighted by Gasteiger charge is -2.22. The van der Waals surface area contributed by atoms with E-state index in [1.54, 1.807) is 0 Å². The van der Waals surface area contributed by atoms with Crippen LogP contribution in [0.3, 0.4) is 0 Å². The van der Waals surface area contributed by atoms with Crippen LogP contribution in [-0.4, -0.2) is 18.7 Å². The summed E-state index contributed by atoms with van der Waals surface area (Å²) in [5.74, 6) is 1.75. The Morgan fingerprint density at radius 1 is 1.44 bits per heavy atom. The zero-order valence-corrected chi connectivity index (χ0v) is 11.6. The zero-order valence-electron chi connectivity index (χ0n) is 10.8. The Kier molecular flexibility index (Phi) is 3.25. The van der Waals surface area contributed by atoms with Gasteiger partial charge in [0, 0.05) is 10.6 Å². The van der Waals surface area contributed by atoms with E-state index < -0.39 is 0 Å². The van der Waals surface area contributed by atoms with Crippen LogP contribution in [-0.2, 0) is 0 Å². The molecule has 0 spiro atoms. The van der Waals surface area contributed by atoms with Crippen LogP contribution in [0.2, 0.25) is 5.02 Å². The van der Waals surface area contributed by atoms with Crippen molar-refractivity contribution >= 4 is 11.6 Å². The molecule has 2 fully saturated rings. The molecule has 3 heteroatoms. The standard InChI is InChI=1S/C15H20ClNO/c1-11-13(16)3-2-4-14(11)18-15(6-7-15)9-12-5-8-17-10-12/h2-4,12,17H,5-10H2,1H3. The Bertz CT molecular complexity index is 436. The van der Waals surface area contributed by atoms with E-state index in [0.29, 0.717) is 0 Å². The van der Waals surface area contributed by atoms with Crippen LogP contribution in [0.4, 0.5) is 0 Å². The Balaban J connectivity index is 1.69. The molecule has 0 amide bonds. The molecule has 2 nitrogen and oxygen atoms in total. The van der Waals surface area contributed by atoms with Crippen LogP contribution >= 0.6 is 11.6 Å². The molecule has 18 heavy (non-hydrogen) atoms. The lowest BCUT2D eigenvalue weighted by atomic mass is 9.99. The maximum Gasteiger partial charge on any atom is 0.124 e. The monoisotopic (exact) mass is 265 g/mol. The molecular weight excluding hydrogens is 246 g/mol. The summed E-state index contributed by atoms with van der Waals surface area (Å²) in [4.78, 5) is 0. The van der Waals surface area contributed by atoms with Crippen molar-refractivity contribution in [1.82, 2.24) is 5.32 Å². The first kappa shape index (κ1) is 12.3. The average Bonchev–Trinajstić information content (AvgIpc) is 2.89. The van der Waals surface area contributed by atoms with Crippen molar-refractivity contribution in [3.8, 4) is 5.75 Å². The lowest BCUT2D eigenvalue weighted by Crippen LogP contribution is -2.24. The predicted octanol–water partition coefficient (Wildman–Crippen LogP) is 3.56. The van der Waals surface area contributed by atoms with Crippen molar-refractivity contribution in [3.05, 3.63) is 28.8 Å². The van der Waals surface area contributed by atoms with Gasteiger partial charge in [-0.15, -0.1) is 0 Å². The van der Waals surface area contributed by atoms with E-state index in [0.717, 1.165) is 35.3 Å². The molecule has 1 aromatic carbocycles. The van der Waals surface area contributed by atoms with Crippen molar-refractivity contribution < 1.29 is 4.74 Å².